The highest BCUT2D eigenvalue weighted by atomic mass is 35.5. The molecule has 0 aliphatic carbocycles. The van der Waals surface area contributed by atoms with Crippen LogP contribution in [0.15, 0.2) is 12.1 Å². The predicted molar refractivity (Wildman–Crippen MR) is 76.9 cm³/mol. The lowest BCUT2D eigenvalue weighted by Gasteiger charge is -2.18. The van der Waals surface area contributed by atoms with Crippen LogP contribution in [-0.4, -0.2) is 24.5 Å². The van der Waals surface area contributed by atoms with Crippen LogP contribution in [0.3, 0.4) is 0 Å². The van der Waals surface area contributed by atoms with Crippen LogP contribution in [0.25, 0.3) is 0 Å². The van der Waals surface area contributed by atoms with Crippen molar-refractivity contribution in [2.45, 2.75) is 25.7 Å². The van der Waals surface area contributed by atoms with Crippen molar-refractivity contribution in [2.24, 2.45) is 0 Å². The van der Waals surface area contributed by atoms with Crippen molar-refractivity contribution in [3.05, 3.63) is 27.2 Å². The summed E-state index contributed by atoms with van der Waals surface area (Å²) >= 11 is 17.2. The van der Waals surface area contributed by atoms with Gasteiger partial charge in [-0.3, -0.25) is 4.79 Å². The van der Waals surface area contributed by atoms with Gasteiger partial charge in [0.2, 0.25) is 0 Å². The zero-order valence-corrected chi connectivity index (χ0v) is 13.6. The van der Waals surface area contributed by atoms with Crippen molar-refractivity contribution in [3.63, 3.8) is 0 Å². The van der Waals surface area contributed by atoms with Crippen LogP contribution in [0.5, 0.6) is 5.75 Å². The highest BCUT2D eigenvalue weighted by molar-refractivity contribution is 6.43. The summed E-state index contributed by atoms with van der Waals surface area (Å²) in [6.45, 7) is 1.39. The van der Waals surface area contributed by atoms with E-state index >= 15 is 0 Å². The molecule has 0 fully saturated rings. The quantitative estimate of drug-likeness (QED) is 0.351. The van der Waals surface area contributed by atoms with Gasteiger partial charge in [0.15, 0.2) is 12.0 Å². The van der Waals surface area contributed by atoms with Gasteiger partial charge in [-0.1, -0.05) is 41.7 Å². The topological polar surface area (TPSA) is 64.6 Å². The van der Waals surface area contributed by atoms with Crippen molar-refractivity contribution in [2.75, 3.05) is 0 Å². The fourth-order valence-corrected chi connectivity index (χ4v) is 1.83. The summed E-state index contributed by atoms with van der Waals surface area (Å²) in [5.41, 5.74) is 0. The average molecular weight is 395 g/mol. The molecule has 0 bridgehead atoms. The molecule has 0 aliphatic heterocycles. The van der Waals surface area contributed by atoms with E-state index in [2.05, 4.69) is 4.74 Å². The molecule has 1 unspecified atom stereocenters. The van der Waals surface area contributed by atoms with Crippen LogP contribution >= 0.6 is 34.8 Å². The molecule has 0 radical (unpaired) electrons. The zero-order valence-electron chi connectivity index (χ0n) is 11.3. The number of hydrogen-bond acceptors (Lipinski definition) is 4. The number of carbonyl (C=O) groups excluding carboxylic acids is 2. The Balaban J connectivity index is 2.71. The SMILES string of the molecule is CCC(NC(=O)C(F)(F)F)OC(=O)Oc1cc(Cl)c(Cl)cc1Cl. The normalized spacial score (nSPS) is 12.5. The first-order valence-electron chi connectivity index (χ1n) is 5.95. The van der Waals surface area contributed by atoms with Crippen LogP contribution in [0, 0.1) is 0 Å². The number of amides is 1. The van der Waals surface area contributed by atoms with Gasteiger partial charge in [0, 0.05) is 12.5 Å². The average Bonchev–Trinajstić information content (AvgIpc) is 2.42. The highest BCUT2D eigenvalue weighted by Crippen LogP contribution is 2.34. The Kier molecular flexibility index (Phi) is 6.79. The number of nitrogens with one attached hydrogen (secondary N) is 1. The van der Waals surface area contributed by atoms with Crippen molar-refractivity contribution in [1.82, 2.24) is 5.32 Å². The molecular weight excluding hydrogens is 385 g/mol. The van der Waals surface area contributed by atoms with Crippen LogP contribution < -0.4 is 10.1 Å². The van der Waals surface area contributed by atoms with Gasteiger partial charge in [-0.2, -0.15) is 13.2 Å². The number of ether oxygens (including phenoxy) is 2. The van der Waals surface area contributed by atoms with E-state index in [1.54, 1.807) is 0 Å². The molecule has 0 aromatic heterocycles. The standard InChI is InChI=1S/C12H9Cl3F3NO4/c1-2-9(19-10(20)12(16,17)18)23-11(21)22-8-4-6(14)5(13)3-7(8)15/h3-4,9H,2H2,1H3,(H,19,20). The highest BCUT2D eigenvalue weighted by Gasteiger charge is 2.40. The molecular formula is C12H9Cl3F3NO4. The van der Waals surface area contributed by atoms with E-state index in [0.717, 1.165) is 6.07 Å². The maximum atomic E-state index is 12.1. The summed E-state index contributed by atoms with van der Waals surface area (Å²) in [6.07, 6.45) is -8.13. The van der Waals surface area contributed by atoms with E-state index in [4.69, 9.17) is 39.5 Å². The summed E-state index contributed by atoms with van der Waals surface area (Å²) in [6, 6.07) is 2.33. The van der Waals surface area contributed by atoms with Crippen molar-refractivity contribution in [1.29, 1.82) is 0 Å². The summed E-state index contributed by atoms with van der Waals surface area (Å²) in [4.78, 5) is 22.3. The van der Waals surface area contributed by atoms with Crippen LogP contribution in [0.2, 0.25) is 15.1 Å². The van der Waals surface area contributed by atoms with Gasteiger partial charge in [-0.05, 0) is 6.07 Å². The predicted octanol–water partition coefficient (Wildman–Crippen LogP) is 4.58. The Morgan fingerprint density at radius 1 is 1.17 bits per heavy atom. The Bertz CT molecular complexity index is 610. The second kappa shape index (κ2) is 7.94. The molecule has 1 aromatic rings. The largest absolute Gasteiger partial charge is 0.515 e. The minimum absolute atomic E-state index is 0.0382. The van der Waals surface area contributed by atoms with Crippen molar-refractivity contribution >= 4 is 46.9 Å². The van der Waals surface area contributed by atoms with E-state index in [-0.39, 0.29) is 27.2 Å². The first-order chi connectivity index (χ1) is 10.5. The number of benzene rings is 1. The van der Waals surface area contributed by atoms with Gasteiger partial charge in [0.25, 0.3) is 0 Å². The molecule has 5 nitrogen and oxygen atoms in total. The third-order valence-corrected chi connectivity index (χ3v) is 3.34. The number of rotatable bonds is 4. The van der Waals surface area contributed by atoms with Gasteiger partial charge in [0.05, 0.1) is 15.1 Å². The van der Waals surface area contributed by atoms with Crippen molar-refractivity contribution in [3.8, 4) is 5.75 Å². The molecule has 0 heterocycles. The van der Waals surface area contributed by atoms with Gasteiger partial charge in [0.1, 0.15) is 0 Å². The number of halogens is 6. The molecule has 0 aliphatic rings. The van der Waals surface area contributed by atoms with E-state index < -0.39 is 24.5 Å². The Labute approximate surface area is 143 Å². The Hall–Kier alpha value is -1.38. The third-order valence-electron chi connectivity index (χ3n) is 2.33. The number of carbonyl (C=O) groups is 2. The summed E-state index contributed by atoms with van der Waals surface area (Å²) < 4.78 is 45.7. The summed E-state index contributed by atoms with van der Waals surface area (Å²) in [7, 11) is 0. The molecule has 0 spiro atoms. The van der Waals surface area contributed by atoms with Crippen molar-refractivity contribution < 1.29 is 32.2 Å². The molecule has 1 amide bonds. The summed E-state index contributed by atoms with van der Waals surface area (Å²) in [5.74, 6) is -2.45. The zero-order chi connectivity index (χ0) is 17.8. The smallest absolute Gasteiger partial charge is 0.410 e. The fourth-order valence-electron chi connectivity index (χ4n) is 1.26. The Morgan fingerprint density at radius 2 is 1.74 bits per heavy atom. The molecule has 0 saturated carbocycles. The van der Waals surface area contributed by atoms with Crippen LogP contribution in [0.1, 0.15) is 13.3 Å². The maximum absolute atomic E-state index is 12.1. The lowest BCUT2D eigenvalue weighted by Crippen LogP contribution is -2.45. The molecule has 0 saturated heterocycles. The second-order valence-corrected chi connectivity index (χ2v) is 5.26. The van der Waals surface area contributed by atoms with Crippen LogP contribution in [0.4, 0.5) is 18.0 Å². The first kappa shape index (κ1) is 19.7. The van der Waals surface area contributed by atoms with E-state index in [0.29, 0.717) is 0 Å². The van der Waals surface area contributed by atoms with Crippen LogP contribution in [-0.2, 0) is 9.53 Å². The monoisotopic (exact) mass is 393 g/mol. The Morgan fingerprint density at radius 3 is 2.26 bits per heavy atom. The molecule has 1 rings (SSSR count). The van der Waals surface area contributed by atoms with Gasteiger partial charge in [-0.25, -0.2) is 4.79 Å². The lowest BCUT2D eigenvalue weighted by molar-refractivity contribution is -0.176. The molecule has 11 heteroatoms. The van der Waals surface area contributed by atoms with E-state index in [9.17, 15) is 22.8 Å². The minimum atomic E-state index is -5.10. The first-order valence-corrected chi connectivity index (χ1v) is 7.08. The third kappa shape index (κ3) is 5.96. The summed E-state index contributed by atoms with van der Waals surface area (Å²) in [5, 5.41) is 1.58. The number of hydrogen-bond donors (Lipinski definition) is 1. The van der Waals surface area contributed by atoms with Gasteiger partial charge < -0.3 is 14.8 Å². The fraction of sp³-hybridized carbons (Fsp3) is 0.333. The molecule has 1 aromatic carbocycles. The number of alkyl halides is 3. The molecule has 1 atom stereocenters. The lowest BCUT2D eigenvalue weighted by atomic mass is 10.3. The molecule has 128 valence electrons. The van der Waals surface area contributed by atoms with E-state index in [1.165, 1.54) is 18.3 Å². The van der Waals surface area contributed by atoms with Gasteiger partial charge >= 0.3 is 18.2 Å². The van der Waals surface area contributed by atoms with E-state index in [1.807, 2.05) is 0 Å². The molecule has 1 N–H and O–H groups in total. The maximum Gasteiger partial charge on any atom is 0.515 e. The minimum Gasteiger partial charge on any atom is -0.410 e. The van der Waals surface area contributed by atoms with Gasteiger partial charge in [-0.15, -0.1) is 0 Å². The second-order valence-electron chi connectivity index (χ2n) is 4.03. The molecule has 23 heavy (non-hydrogen) atoms.